The fourth-order valence-electron chi connectivity index (χ4n) is 3.44. The maximum Gasteiger partial charge on any atom is 0.321 e. The number of ether oxygens (including phenoxy) is 2. The topological polar surface area (TPSA) is 97.1 Å². The zero-order valence-corrected chi connectivity index (χ0v) is 18.0. The Labute approximate surface area is 175 Å². The van der Waals surface area contributed by atoms with Crippen LogP contribution in [0.15, 0.2) is 22.6 Å². The van der Waals surface area contributed by atoms with E-state index >= 15 is 0 Å². The number of aromatic nitrogens is 1. The van der Waals surface area contributed by atoms with E-state index < -0.39 is 0 Å². The first-order valence-electron chi connectivity index (χ1n) is 9.81. The van der Waals surface area contributed by atoms with Crippen molar-refractivity contribution in [1.82, 2.24) is 14.8 Å². The van der Waals surface area contributed by atoms with Crippen LogP contribution in [0, 0.1) is 6.92 Å². The molecule has 0 unspecified atom stereocenters. The molecule has 1 aromatic carbocycles. The van der Waals surface area contributed by atoms with Gasteiger partial charge in [-0.2, -0.15) is 0 Å². The molecule has 0 saturated carbocycles. The Hall–Kier alpha value is -3.23. The Morgan fingerprint density at radius 2 is 1.90 bits per heavy atom. The number of rotatable bonds is 5. The molecule has 162 valence electrons. The molecule has 9 heteroatoms. The van der Waals surface area contributed by atoms with Crippen molar-refractivity contribution in [2.75, 3.05) is 46.7 Å². The van der Waals surface area contributed by atoms with Gasteiger partial charge >= 0.3 is 6.03 Å². The van der Waals surface area contributed by atoms with Crippen molar-refractivity contribution in [1.29, 1.82) is 0 Å². The van der Waals surface area contributed by atoms with Gasteiger partial charge in [0.15, 0.2) is 11.6 Å². The van der Waals surface area contributed by atoms with Gasteiger partial charge in [-0.05, 0) is 31.9 Å². The summed E-state index contributed by atoms with van der Waals surface area (Å²) >= 11 is 0. The molecule has 1 aliphatic heterocycles. The van der Waals surface area contributed by atoms with Gasteiger partial charge in [0.05, 0.1) is 19.9 Å². The molecule has 2 heterocycles. The molecule has 1 saturated heterocycles. The monoisotopic (exact) mass is 416 g/mol. The van der Waals surface area contributed by atoms with Gasteiger partial charge < -0.3 is 29.0 Å². The number of carbonyl (C=O) groups is 2. The summed E-state index contributed by atoms with van der Waals surface area (Å²) in [5.41, 5.74) is 0.902. The fourth-order valence-corrected chi connectivity index (χ4v) is 3.44. The molecule has 3 rings (SSSR count). The van der Waals surface area contributed by atoms with E-state index in [1.165, 1.54) is 4.90 Å². The van der Waals surface area contributed by atoms with Gasteiger partial charge in [-0.3, -0.25) is 4.79 Å². The normalized spacial score (nSPS) is 14.4. The number of benzene rings is 1. The van der Waals surface area contributed by atoms with Crippen LogP contribution in [0.3, 0.4) is 0 Å². The zero-order chi connectivity index (χ0) is 21.8. The van der Waals surface area contributed by atoms with Gasteiger partial charge in [0, 0.05) is 39.2 Å². The van der Waals surface area contributed by atoms with Crippen LogP contribution in [0.25, 0.3) is 0 Å². The van der Waals surface area contributed by atoms with Crippen LogP contribution < -0.4 is 14.8 Å². The average molecular weight is 416 g/mol. The molecular weight excluding hydrogens is 388 g/mol. The number of urea groups is 1. The highest BCUT2D eigenvalue weighted by atomic mass is 16.5. The summed E-state index contributed by atoms with van der Waals surface area (Å²) in [5, 5.41) is 2.89. The molecule has 1 aliphatic rings. The summed E-state index contributed by atoms with van der Waals surface area (Å²) in [6.45, 7) is 2.86. The quantitative estimate of drug-likeness (QED) is 0.804. The molecule has 0 atom stereocenters. The number of carbonyl (C=O) groups excluding carboxylic acids is 2. The lowest BCUT2D eigenvalue weighted by Crippen LogP contribution is -2.40. The summed E-state index contributed by atoms with van der Waals surface area (Å²) < 4.78 is 16.3. The number of hydrogen-bond donors (Lipinski definition) is 1. The highest BCUT2D eigenvalue weighted by Crippen LogP contribution is 2.31. The Balaban J connectivity index is 1.63. The van der Waals surface area contributed by atoms with E-state index in [2.05, 4.69) is 10.3 Å². The Bertz CT molecular complexity index is 916. The van der Waals surface area contributed by atoms with Crippen LogP contribution in [0.1, 0.15) is 40.9 Å². The van der Waals surface area contributed by atoms with Crippen LogP contribution in [0.4, 0.5) is 10.5 Å². The highest BCUT2D eigenvalue weighted by molar-refractivity contribution is 5.93. The molecular formula is C21H28N4O5. The maximum absolute atomic E-state index is 12.7. The molecule has 1 fully saturated rings. The van der Waals surface area contributed by atoms with Gasteiger partial charge in [0.1, 0.15) is 17.3 Å². The molecule has 2 aromatic rings. The second-order valence-electron chi connectivity index (χ2n) is 7.41. The van der Waals surface area contributed by atoms with Gasteiger partial charge in [-0.15, -0.1) is 0 Å². The van der Waals surface area contributed by atoms with E-state index in [0.29, 0.717) is 60.5 Å². The molecule has 9 nitrogen and oxygen atoms in total. The van der Waals surface area contributed by atoms with E-state index in [1.54, 1.807) is 58.3 Å². The van der Waals surface area contributed by atoms with Crippen LogP contribution >= 0.6 is 0 Å². The number of nitrogens with zero attached hydrogens (tertiary/aromatic N) is 3. The number of nitrogens with one attached hydrogen (secondary N) is 1. The largest absolute Gasteiger partial charge is 0.497 e. The SMILES string of the molecule is COc1ccc(OC)c(NC(=O)N2CCC(c3nc(C(=O)N(C)C)c(C)o3)CC2)c1. The van der Waals surface area contributed by atoms with Crippen molar-refractivity contribution in [2.24, 2.45) is 0 Å². The fraction of sp³-hybridized carbons (Fsp3) is 0.476. The summed E-state index contributed by atoms with van der Waals surface area (Å²) in [6, 6.07) is 5.04. The van der Waals surface area contributed by atoms with Crippen molar-refractivity contribution < 1.29 is 23.5 Å². The van der Waals surface area contributed by atoms with Gasteiger partial charge in [0.2, 0.25) is 0 Å². The number of methoxy groups -OCH3 is 2. The first-order chi connectivity index (χ1) is 14.3. The summed E-state index contributed by atoms with van der Waals surface area (Å²) in [4.78, 5) is 32.6. The average Bonchev–Trinajstić information content (AvgIpc) is 3.14. The molecule has 0 bridgehead atoms. The molecule has 3 amide bonds. The summed E-state index contributed by atoms with van der Waals surface area (Å²) in [6.07, 6.45) is 1.41. The Kier molecular flexibility index (Phi) is 6.49. The first-order valence-corrected chi connectivity index (χ1v) is 9.81. The molecule has 30 heavy (non-hydrogen) atoms. The summed E-state index contributed by atoms with van der Waals surface area (Å²) in [5.74, 6) is 2.18. The number of likely N-dealkylation sites (tertiary alicyclic amines) is 1. The number of oxazole rings is 1. The number of aryl methyl sites for hydroxylation is 1. The zero-order valence-electron chi connectivity index (χ0n) is 18.0. The van der Waals surface area contributed by atoms with E-state index in [4.69, 9.17) is 13.9 Å². The van der Waals surface area contributed by atoms with Gasteiger partial charge in [0.25, 0.3) is 5.91 Å². The third-order valence-corrected chi connectivity index (χ3v) is 5.20. The lowest BCUT2D eigenvalue weighted by molar-refractivity contribution is 0.0821. The number of amides is 3. The third-order valence-electron chi connectivity index (χ3n) is 5.20. The number of piperidine rings is 1. The predicted molar refractivity (Wildman–Crippen MR) is 111 cm³/mol. The molecule has 0 aliphatic carbocycles. The molecule has 0 radical (unpaired) electrons. The smallest absolute Gasteiger partial charge is 0.321 e. The highest BCUT2D eigenvalue weighted by Gasteiger charge is 2.29. The lowest BCUT2D eigenvalue weighted by atomic mass is 9.97. The molecule has 0 spiro atoms. The van der Waals surface area contributed by atoms with Crippen LogP contribution in [-0.4, -0.2) is 68.1 Å². The van der Waals surface area contributed by atoms with Crippen molar-refractivity contribution in [3.63, 3.8) is 0 Å². The molecule has 1 aromatic heterocycles. The predicted octanol–water partition coefficient (Wildman–Crippen LogP) is 3.11. The van der Waals surface area contributed by atoms with Crippen LogP contribution in [0.2, 0.25) is 0 Å². The van der Waals surface area contributed by atoms with E-state index in [1.807, 2.05) is 0 Å². The Morgan fingerprint density at radius 3 is 2.50 bits per heavy atom. The minimum absolute atomic E-state index is 0.0721. The number of hydrogen-bond acceptors (Lipinski definition) is 6. The van der Waals surface area contributed by atoms with Crippen molar-refractivity contribution in [2.45, 2.75) is 25.7 Å². The maximum atomic E-state index is 12.7. The van der Waals surface area contributed by atoms with Crippen molar-refractivity contribution in [3.05, 3.63) is 35.5 Å². The van der Waals surface area contributed by atoms with Gasteiger partial charge in [-0.1, -0.05) is 0 Å². The minimum atomic E-state index is -0.202. The second-order valence-corrected chi connectivity index (χ2v) is 7.41. The standard InChI is InChI=1S/C21H28N4O5/c1-13-18(20(26)24(2)3)23-19(30-13)14-8-10-25(11-9-14)21(27)22-16-12-15(28-4)6-7-17(16)29-5/h6-7,12,14H,8-11H2,1-5H3,(H,22,27). The van der Waals surface area contributed by atoms with Crippen LogP contribution in [-0.2, 0) is 0 Å². The van der Waals surface area contributed by atoms with E-state index in [9.17, 15) is 9.59 Å². The third kappa shape index (κ3) is 4.50. The van der Waals surface area contributed by atoms with Crippen molar-refractivity contribution >= 4 is 17.6 Å². The van der Waals surface area contributed by atoms with Crippen molar-refractivity contribution in [3.8, 4) is 11.5 Å². The Morgan fingerprint density at radius 1 is 1.20 bits per heavy atom. The minimum Gasteiger partial charge on any atom is -0.497 e. The van der Waals surface area contributed by atoms with Crippen LogP contribution in [0.5, 0.6) is 11.5 Å². The second kappa shape index (κ2) is 9.06. The first kappa shape index (κ1) is 21.5. The van der Waals surface area contributed by atoms with Gasteiger partial charge in [-0.25, -0.2) is 9.78 Å². The molecule has 1 N–H and O–H groups in total. The summed E-state index contributed by atoms with van der Waals surface area (Å²) in [7, 11) is 6.49. The van der Waals surface area contributed by atoms with E-state index in [0.717, 1.165) is 0 Å². The van der Waals surface area contributed by atoms with E-state index in [-0.39, 0.29) is 17.9 Å². The lowest BCUT2D eigenvalue weighted by Gasteiger charge is -2.30. The number of anilines is 1.